The third-order valence-corrected chi connectivity index (χ3v) is 4.04. The molecule has 2 aromatic carbocycles. The number of nitrogens with one attached hydrogen (secondary N) is 2. The van der Waals surface area contributed by atoms with Gasteiger partial charge in [-0.3, -0.25) is 20.4 Å². The number of carbonyl (C=O) groups is 2. The molecule has 24 heavy (non-hydrogen) atoms. The molecule has 0 saturated carbocycles. The van der Waals surface area contributed by atoms with Crippen molar-refractivity contribution in [3.8, 4) is 0 Å². The molecule has 2 amide bonds. The molecule has 0 aromatic heterocycles. The Bertz CT molecular complexity index is 766. The van der Waals surface area contributed by atoms with Crippen molar-refractivity contribution >= 4 is 35.0 Å². The molecular weight excluding hydrogens is 347 g/mol. The highest BCUT2D eigenvalue weighted by atomic mass is 35.5. The number of benzene rings is 2. The average molecular weight is 365 g/mol. The van der Waals surface area contributed by atoms with Gasteiger partial charge in [0.15, 0.2) is 0 Å². The molecule has 4 nitrogen and oxygen atoms in total. The van der Waals surface area contributed by atoms with E-state index in [9.17, 15) is 9.59 Å². The van der Waals surface area contributed by atoms with E-state index < -0.39 is 11.8 Å². The molecule has 126 valence electrons. The van der Waals surface area contributed by atoms with E-state index >= 15 is 0 Å². The van der Waals surface area contributed by atoms with Crippen LogP contribution < -0.4 is 10.9 Å². The Balaban J connectivity index is 2.02. The van der Waals surface area contributed by atoms with Crippen LogP contribution in [0.3, 0.4) is 0 Å². The van der Waals surface area contributed by atoms with E-state index in [1.807, 2.05) is 12.1 Å². The summed E-state index contributed by atoms with van der Waals surface area (Å²) in [6, 6.07) is 11.8. The molecule has 0 saturated heterocycles. The van der Waals surface area contributed by atoms with E-state index in [1.54, 1.807) is 18.2 Å². The lowest BCUT2D eigenvalue weighted by Crippen LogP contribution is -2.41. The van der Waals surface area contributed by atoms with Gasteiger partial charge in [-0.1, -0.05) is 56.1 Å². The summed E-state index contributed by atoms with van der Waals surface area (Å²) in [6.45, 7) is 6.28. The van der Waals surface area contributed by atoms with Crippen molar-refractivity contribution in [2.75, 3.05) is 0 Å². The lowest BCUT2D eigenvalue weighted by Gasteiger charge is -2.19. The third kappa shape index (κ3) is 4.49. The zero-order valence-electron chi connectivity index (χ0n) is 13.6. The van der Waals surface area contributed by atoms with Crippen LogP contribution in [-0.2, 0) is 5.41 Å². The lowest BCUT2D eigenvalue weighted by molar-refractivity contribution is 0.0846. The fraction of sp³-hybridized carbons (Fsp3) is 0.222. The molecule has 0 radical (unpaired) electrons. The van der Waals surface area contributed by atoms with Crippen LogP contribution in [0.5, 0.6) is 0 Å². The standard InChI is InChI=1S/C18H18Cl2N2O2/c1-18(2,3)12-6-4-11(5-7-12)16(23)21-22-17(24)14-10-13(19)8-9-15(14)20/h4-10H,1-3H3,(H,21,23)(H,22,24). The van der Waals surface area contributed by atoms with Gasteiger partial charge >= 0.3 is 0 Å². The molecule has 0 atom stereocenters. The van der Waals surface area contributed by atoms with Gasteiger partial charge in [-0.2, -0.15) is 0 Å². The highest BCUT2D eigenvalue weighted by Gasteiger charge is 2.15. The van der Waals surface area contributed by atoms with Gasteiger partial charge in [0, 0.05) is 10.6 Å². The van der Waals surface area contributed by atoms with E-state index in [4.69, 9.17) is 23.2 Å². The minimum Gasteiger partial charge on any atom is -0.267 e. The molecule has 0 heterocycles. The summed E-state index contributed by atoms with van der Waals surface area (Å²) < 4.78 is 0. The maximum absolute atomic E-state index is 12.1. The normalized spacial score (nSPS) is 11.0. The number of hydrogen-bond acceptors (Lipinski definition) is 2. The van der Waals surface area contributed by atoms with Crippen LogP contribution >= 0.6 is 23.2 Å². The summed E-state index contributed by atoms with van der Waals surface area (Å²) in [5, 5.41) is 0.634. The van der Waals surface area contributed by atoms with E-state index in [-0.39, 0.29) is 16.0 Å². The first kappa shape index (κ1) is 18.3. The molecule has 0 unspecified atom stereocenters. The first-order valence-corrected chi connectivity index (χ1v) is 8.10. The van der Waals surface area contributed by atoms with Crippen LogP contribution in [0, 0.1) is 0 Å². The number of amides is 2. The van der Waals surface area contributed by atoms with E-state index in [0.717, 1.165) is 5.56 Å². The van der Waals surface area contributed by atoms with Crippen LogP contribution in [0.2, 0.25) is 10.0 Å². The minimum atomic E-state index is -0.540. The summed E-state index contributed by atoms with van der Waals surface area (Å²) in [5.41, 5.74) is 6.45. The molecule has 0 bridgehead atoms. The van der Waals surface area contributed by atoms with Crippen molar-refractivity contribution < 1.29 is 9.59 Å². The molecule has 0 fully saturated rings. The second kappa shape index (κ2) is 7.24. The highest BCUT2D eigenvalue weighted by molar-refractivity contribution is 6.35. The summed E-state index contributed by atoms with van der Waals surface area (Å²) in [7, 11) is 0. The van der Waals surface area contributed by atoms with Crippen molar-refractivity contribution in [3.05, 3.63) is 69.2 Å². The van der Waals surface area contributed by atoms with E-state index in [1.165, 1.54) is 12.1 Å². The Morgan fingerprint density at radius 3 is 2.04 bits per heavy atom. The van der Waals surface area contributed by atoms with Gasteiger partial charge < -0.3 is 0 Å². The largest absolute Gasteiger partial charge is 0.271 e. The molecule has 2 N–H and O–H groups in total. The maximum Gasteiger partial charge on any atom is 0.271 e. The van der Waals surface area contributed by atoms with E-state index in [0.29, 0.717) is 10.6 Å². The fourth-order valence-corrected chi connectivity index (χ4v) is 2.42. The quantitative estimate of drug-likeness (QED) is 0.777. The topological polar surface area (TPSA) is 58.2 Å². The van der Waals surface area contributed by atoms with Crippen molar-refractivity contribution in [1.29, 1.82) is 0 Å². The SMILES string of the molecule is CC(C)(C)c1ccc(C(=O)NNC(=O)c2cc(Cl)ccc2Cl)cc1. The van der Waals surface area contributed by atoms with Crippen LogP contribution in [0.15, 0.2) is 42.5 Å². The van der Waals surface area contributed by atoms with Crippen molar-refractivity contribution in [3.63, 3.8) is 0 Å². The van der Waals surface area contributed by atoms with Gasteiger partial charge in [-0.25, -0.2) is 0 Å². The second-order valence-electron chi connectivity index (χ2n) is 6.36. The fourth-order valence-electron chi connectivity index (χ4n) is 2.05. The number of halogens is 2. The summed E-state index contributed by atoms with van der Waals surface area (Å²) in [5.74, 6) is -0.955. The first-order valence-electron chi connectivity index (χ1n) is 7.35. The van der Waals surface area contributed by atoms with Gasteiger partial charge in [-0.15, -0.1) is 0 Å². The molecule has 0 spiro atoms. The summed E-state index contributed by atoms with van der Waals surface area (Å²) in [4.78, 5) is 24.2. The van der Waals surface area contributed by atoms with Gasteiger partial charge in [0.05, 0.1) is 10.6 Å². The van der Waals surface area contributed by atoms with Gasteiger partial charge in [-0.05, 0) is 41.3 Å². The summed E-state index contributed by atoms with van der Waals surface area (Å²) in [6.07, 6.45) is 0. The third-order valence-electron chi connectivity index (χ3n) is 3.48. The van der Waals surface area contributed by atoms with Crippen molar-refractivity contribution in [2.45, 2.75) is 26.2 Å². The molecule has 0 aliphatic heterocycles. The lowest BCUT2D eigenvalue weighted by atomic mass is 9.87. The Morgan fingerprint density at radius 1 is 0.875 bits per heavy atom. The maximum atomic E-state index is 12.1. The van der Waals surface area contributed by atoms with Crippen LogP contribution in [0.1, 0.15) is 47.1 Å². The van der Waals surface area contributed by atoms with Crippen molar-refractivity contribution in [1.82, 2.24) is 10.9 Å². The smallest absolute Gasteiger partial charge is 0.267 e. The Morgan fingerprint density at radius 2 is 1.46 bits per heavy atom. The molecular formula is C18H18Cl2N2O2. The molecule has 2 aromatic rings. The predicted molar refractivity (Wildman–Crippen MR) is 96.5 cm³/mol. The molecule has 0 aliphatic carbocycles. The highest BCUT2D eigenvalue weighted by Crippen LogP contribution is 2.22. The monoisotopic (exact) mass is 364 g/mol. The van der Waals surface area contributed by atoms with Gasteiger partial charge in [0.1, 0.15) is 0 Å². The number of carbonyl (C=O) groups excluding carboxylic acids is 2. The van der Waals surface area contributed by atoms with Crippen LogP contribution in [0.25, 0.3) is 0 Å². The Hall–Kier alpha value is -2.04. The Kier molecular flexibility index (Phi) is 5.52. The van der Waals surface area contributed by atoms with E-state index in [2.05, 4.69) is 31.6 Å². The Labute approximate surface area is 151 Å². The van der Waals surface area contributed by atoms with Gasteiger partial charge in [0.25, 0.3) is 11.8 Å². The number of hydrogen-bond donors (Lipinski definition) is 2. The first-order chi connectivity index (χ1) is 11.2. The zero-order chi connectivity index (χ0) is 17.9. The minimum absolute atomic E-state index is 0.00650. The number of hydrazine groups is 1. The molecule has 2 rings (SSSR count). The average Bonchev–Trinajstić information content (AvgIpc) is 2.53. The van der Waals surface area contributed by atoms with Crippen LogP contribution in [-0.4, -0.2) is 11.8 Å². The van der Waals surface area contributed by atoms with Crippen LogP contribution in [0.4, 0.5) is 0 Å². The predicted octanol–water partition coefficient (Wildman–Crippen LogP) is 4.37. The molecule has 0 aliphatic rings. The molecule has 6 heteroatoms. The van der Waals surface area contributed by atoms with Gasteiger partial charge in [0.2, 0.25) is 0 Å². The summed E-state index contributed by atoms with van der Waals surface area (Å²) >= 11 is 11.8. The second-order valence-corrected chi connectivity index (χ2v) is 7.20. The van der Waals surface area contributed by atoms with Crippen molar-refractivity contribution in [2.24, 2.45) is 0 Å². The zero-order valence-corrected chi connectivity index (χ0v) is 15.1. The number of rotatable bonds is 2.